The highest BCUT2D eigenvalue weighted by Crippen LogP contribution is 2.24. The molecule has 5 nitrogen and oxygen atoms in total. The van der Waals surface area contributed by atoms with Crippen molar-refractivity contribution in [3.8, 4) is 11.5 Å². The van der Waals surface area contributed by atoms with Gasteiger partial charge in [-0.1, -0.05) is 24.3 Å². The number of pyridine rings is 1. The Kier molecular flexibility index (Phi) is 5.07. The number of hydrogen-bond acceptors (Lipinski definition) is 4. The molecule has 0 bridgehead atoms. The summed E-state index contributed by atoms with van der Waals surface area (Å²) < 4.78 is 32.0. The Morgan fingerprint density at radius 3 is 2.46 bits per heavy atom. The van der Waals surface area contributed by atoms with Crippen LogP contribution in [-0.2, 0) is 6.54 Å². The fraction of sp³-hybridized carbons (Fsp3) is 0.0526. The molecule has 1 amide bonds. The van der Waals surface area contributed by atoms with E-state index in [4.69, 9.17) is 10.5 Å². The Hall–Kier alpha value is -3.48. The first-order valence-corrected chi connectivity index (χ1v) is 7.74. The molecule has 1 heterocycles. The molecule has 0 atom stereocenters. The van der Waals surface area contributed by atoms with E-state index < -0.39 is 17.7 Å². The molecule has 0 aliphatic heterocycles. The lowest BCUT2D eigenvalue weighted by Gasteiger charge is -2.09. The van der Waals surface area contributed by atoms with Gasteiger partial charge in [0, 0.05) is 6.54 Å². The van der Waals surface area contributed by atoms with Gasteiger partial charge in [-0.2, -0.15) is 4.39 Å². The van der Waals surface area contributed by atoms with E-state index in [1.54, 1.807) is 36.4 Å². The first-order valence-electron chi connectivity index (χ1n) is 7.74. The maximum atomic E-state index is 13.6. The second-order valence-corrected chi connectivity index (χ2v) is 5.43. The molecule has 0 saturated carbocycles. The number of nitrogens with zero attached hydrogens (tertiary/aromatic N) is 1. The van der Waals surface area contributed by atoms with E-state index in [1.807, 2.05) is 0 Å². The van der Waals surface area contributed by atoms with Crippen molar-refractivity contribution >= 4 is 11.7 Å². The maximum Gasteiger partial charge on any atom is 0.255 e. The summed E-state index contributed by atoms with van der Waals surface area (Å²) >= 11 is 0. The summed E-state index contributed by atoms with van der Waals surface area (Å²) in [5, 5.41) is 2.67. The van der Waals surface area contributed by atoms with E-state index in [1.165, 1.54) is 18.2 Å². The Morgan fingerprint density at radius 1 is 1.04 bits per heavy atom. The normalized spacial score (nSPS) is 10.4. The SMILES string of the molecule is Nc1nc(F)ccc1C(=O)NCc1ccc(Oc2ccccc2F)cc1. The minimum absolute atomic E-state index is 0.103. The lowest BCUT2D eigenvalue weighted by molar-refractivity contribution is 0.0951. The van der Waals surface area contributed by atoms with Gasteiger partial charge in [-0.3, -0.25) is 4.79 Å². The van der Waals surface area contributed by atoms with Crippen molar-refractivity contribution < 1.29 is 18.3 Å². The Bertz CT molecular complexity index is 930. The molecule has 0 fully saturated rings. The molecule has 0 aliphatic rings. The van der Waals surface area contributed by atoms with Crippen LogP contribution in [0.1, 0.15) is 15.9 Å². The zero-order chi connectivity index (χ0) is 18.5. The number of para-hydroxylation sites is 1. The molecule has 7 heteroatoms. The van der Waals surface area contributed by atoms with Crippen LogP contribution in [0.15, 0.2) is 60.7 Å². The summed E-state index contributed by atoms with van der Waals surface area (Å²) in [6.07, 6.45) is 0. The fourth-order valence-corrected chi connectivity index (χ4v) is 2.25. The number of carbonyl (C=O) groups is 1. The summed E-state index contributed by atoms with van der Waals surface area (Å²) in [6.45, 7) is 0.232. The van der Waals surface area contributed by atoms with E-state index in [0.717, 1.165) is 11.6 Å². The van der Waals surface area contributed by atoms with Crippen LogP contribution < -0.4 is 15.8 Å². The van der Waals surface area contributed by atoms with Crippen LogP contribution in [0, 0.1) is 11.8 Å². The predicted molar refractivity (Wildman–Crippen MR) is 92.7 cm³/mol. The molecule has 0 aliphatic carbocycles. The van der Waals surface area contributed by atoms with Crippen LogP contribution in [0.5, 0.6) is 11.5 Å². The zero-order valence-electron chi connectivity index (χ0n) is 13.6. The number of carbonyl (C=O) groups excluding carboxylic acids is 1. The number of rotatable bonds is 5. The molecule has 3 N–H and O–H groups in total. The van der Waals surface area contributed by atoms with Gasteiger partial charge in [-0.15, -0.1) is 0 Å². The highest BCUT2D eigenvalue weighted by Gasteiger charge is 2.11. The Balaban J connectivity index is 1.61. The van der Waals surface area contributed by atoms with Crippen molar-refractivity contribution in [3.05, 3.63) is 83.6 Å². The fourth-order valence-electron chi connectivity index (χ4n) is 2.25. The number of amides is 1. The van der Waals surface area contributed by atoms with Crippen molar-refractivity contribution in [1.82, 2.24) is 10.3 Å². The van der Waals surface area contributed by atoms with Crippen molar-refractivity contribution in [1.29, 1.82) is 0 Å². The number of benzene rings is 2. The molecule has 3 rings (SSSR count). The van der Waals surface area contributed by atoms with Crippen molar-refractivity contribution in [2.24, 2.45) is 0 Å². The van der Waals surface area contributed by atoms with Gasteiger partial charge in [0.15, 0.2) is 11.6 Å². The standard InChI is InChI=1S/C19H15F2N3O2/c20-15-3-1-2-4-16(15)26-13-7-5-12(6-8-13)11-23-19(25)14-9-10-17(21)24-18(14)22/h1-10H,11H2,(H2,22,24)(H,23,25). The molecular weight excluding hydrogens is 340 g/mol. The van der Waals surface area contributed by atoms with Gasteiger partial charge in [0.1, 0.15) is 11.6 Å². The lowest BCUT2D eigenvalue weighted by Crippen LogP contribution is -2.24. The Morgan fingerprint density at radius 2 is 1.77 bits per heavy atom. The van der Waals surface area contributed by atoms with E-state index >= 15 is 0 Å². The van der Waals surface area contributed by atoms with Gasteiger partial charge in [0.05, 0.1) is 5.56 Å². The van der Waals surface area contributed by atoms with Crippen molar-refractivity contribution in [3.63, 3.8) is 0 Å². The number of aromatic nitrogens is 1. The minimum Gasteiger partial charge on any atom is -0.454 e. The topological polar surface area (TPSA) is 77.2 Å². The highest BCUT2D eigenvalue weighted by molar-refractivity contribution is 5.98. The minimum atomic E-state index is -0.746. The molecule has 0 radical (unpaired) electrons. The van der Waals surface area contributed by atoms with Crippen LogP contribution in [0.3, 0.4) is 0 Å². The Labute approximate surface area is 148 Å². The molecule has 26 heavy (non-hydrogen) atoms. The summed E-state index contributed by atoms with van der Waals surface area (Å²) in [5.41, 5.74) is 6.44. The van der Waals surface area contributed by atoms with E-state index in [9.17, 15) is 13.6 Å². The van der Waals surface area contributed by atoms with Crippen LogP contribution in [0.2, 0.25) is 0 Å². The van der Waals surface area contributed by atoms with Crippen LogP contribution in [-0.4, -0.2) is 10.9 Å². The first kappa shape index (κ1) is 17.3. The summed E-state index contributed by atoms with van der Waals surface area (Å²) in [4.78, 5) is 15.5. The first-order chi connectivity index (χ1) is 12.5. The molecule has 2 aromatic carbocycles. The zero-order valence-corrected chi connectivity index (χ0v) is 13.6. The van der Waals surface area contributed by atoms with E-state index in [2.05, 4.69) is 10.3 Å². The monoisotopic (exact) mass is 355 g/mol. The molecule has 1 aromatic heterocycles. The average molecular weight is 355 g/mol. The van der Waals surface area contributed by atoms with Crippen molar-refractivity contribution in [2.75, 3.05) is 5.73 Å². The quantitative estimate of drug-likeness (QED) is 0.685. The van der Waals surface area contributed by atoms with Gasteiger partial charge in [0.2, 0.25) is 5.95 Å². The molecule has 132 valence electrons. The van der Waals surface area contributed by atoms with Gasteiger partial charge in [0.25, 0.3) is 5.91 Å². The highest BCUT2D eigenvalue weighted by atomic mass is 19.1. The number of hydrogen-bond donors (Lipinski definition) is 2. The molecular formula is C19H15F2N3O2. The number of nitrogens with two attached hydrogens (primary N) is 1. The number of halogens is 2. The lowest BCUT2D eigenvalue weighted by atomic mass is 10.2. The maximum absolute atomic E-state index is 13.6. The third-order valence-corrected chi connectivity index (χ3v) is 3.58. The molecule has 0 saturated heterocycles. The van der Waals surface area contributed by atoms with Crippen molar-refractivity contribution in [2.45, 2.75) is 6.54 Å². The van der Waals surface area contributed by atoms with E-state index in [-0.39, 0.29) is 23.7 Å². The molecule has 0 unspecified atom stereocenters. The van der Waals surface area contributed by atoms with Gasteiger partial charge < -0.3 is 15.8 Å². The largest absolute Gasteiger partial charge is 0.454 e. The summed E-state index contributed by atoms with van der Waals surface area (Å²) in [6, 6.07) is 15.3. The van der Waals surface area contributed by atoms with Gasteiger partial charge in [-0.25, -0.2) is 9.37 Å². The number of anilines is 1. The number of ether oxygens (including phenoxy) is 1. The van der Waals surface area contributed by atoms with Gasteiger partial charge >= 0.3 is 0 Å². The smallest absolute Gasteiger partial charge is 0.255 e. The summed E-state index contributed by atoms with van der Waals surface area (Å²) in [7, 11) is 0. The van der Waals surface area contributed by atoms with Crippen LogP contribution in [0.4, 0.5) is 14.6 Å². The third kappa shape index (κ3) is 4.13. The number of nitrogens with one attached hydrogen (secondary N) is 1. The number of nitrogen functional groups attached to an aromatic ring is 1. The molecule has 0 spiro atoms. The van der Waals surface area contributed by atoms with Gasteiger partial charge in [-0.05, 0) is 42.0 Å². The van der Waals surface area contributed by atoms with Crippen LogP contribution in [0.25, 0.3) is 0 Å². The molecule has 3 aromatic rings. The predicted octanol–water partition coefficient (Wildman–Crippen LogP) is 3.66. The third-order valence-electron chi connectivity index (χ3n) is 3.58. The summed E-state index contributed by atoms with van der Waals surface area (Å²) in [5.74, 6) is -1.22. The van der Waals surface area contributed by atoms with Crippen LogP contribution >= 0.6 is 0 Å². The average Bonchev–Trinajstić information content (AvgIpc) is 2.63. The second-order valence-electron chi connectivity index (χ2n) is 5.43. The second kappa shape index (κ2) is 7.60. The van der Waals surface area contributed by atoms with E-state index in [0.29, 0.717) is 5.75 Å².